The van der Waals surface area contributed by atoms with Crippen LogP contribution in [0.25, 0.3) is 0 Å². The molecule has 0 radical (unpaired) electrons. The van der Waals surface area contributed by atoms with E-state index in [-0.39, 0.29) is 11.5 Å². The van der Waals surface area contributed by atoms with Crippen LogP contribution in [0.1, 0.15) is 18.9 Å². The number of likely N-dealkylation sites (N-methyl/N-ethyl adjacent to an activating group) is 1. The van der Waals surface area contributed by atoms with E-state index in [2.05, 4.69) is 0 Å². The molecule has 0 fully saturated rings. The quantitative estimate of drug-likeness (QED) is 0.751. The second-order valence-corrected chi connectivity index (χ2v) is 4.35. The predicted octanol–water partition coefficient (Wildman–Crippen LogP) is 0.104. The monoisotopic (exact) mass is 235 g/mol. The Balaban J connectivity index is 2.55. The van der Waals surface area contributed by atoms with Gasteiger partial charge in [0.25, 0.3) is 5.56 Å². The molecule has 1 amide bonds. The molecule has 0 bridgehead atoms. The third-order valence-corrected chi connectivity index (χ3v) is 3.26. The van der Waals surface area contributed by atoms with Crippen molar-refractivity contribution in [3.63, 3.8) is 0 Å². The predicted molar refractivity (Wildman–Crippen MR) is 66.1 cm³/mol. The van der Waals surface area contributed by atoms with Crippen molar-refractivity contribution in [3.05, 3.63) is 28.2 Å². The Morgan fingerprint density at radius 3 is 2.82 bits per heavy atom. The van der Waals surface area contributed by atoms with E-state index in [0.29, 0.717) is 18.7 Å². The minimum atomic E-state index is -0.474. The zero-order valence-electron chi connectivity index (χ0n) is 10.1. The van der Waals surface area contributed by atoms with Crippen LogP contribution in [-0.4, -0.2) is 23.6 Å². The number of amides is 1. The van der Waals surface area contributed by atoms with Crippen molar-refractivity contribution in [2.45, 2.75) is 32.4 Å². The zero-order chi connectivity index (χ0) is 12.6. The van der Waals surface area contributed by atoms with Crippen molar-refractivity contribution in [1.29, 1.82) is 0 Å². The first-order valence-electron chi connectivity index (χ1n) is 5.81. The van der Waals surface area contributed by atoms with Gasteiger partial charge in [-0.05, 0) is 25.3 Å². The van der Waals surface area contributed by atoms with Crippen LogP contribution < -0.4 is 16.2 Å². The number of carbonyl (C=O) groups excluding carboxylic acids is 1. The van der Waals surface area contributed by atoms with E-state index < -0.39 is 6.04 Å². The Morgan fingerprint density at radius 1 is 1.47 bits per heavy atom. The molecule has 0 aromatic carbocycles. The molecule has 0 saturated heterocycles. The summed E-state index contributed by atoms with van der Waals surface area (Å²) in [6.07, 6.45) is 3.18. The highest BCUT2D eigenvalue weighted by atomic mass is 16.2. The molecule has 5 heteroatoms. The van der Waals surface area contributed by atoms with Crippen LogP contribution in [0, 0.1) is 0 Å². The molecule has 0 aliphatic carbocycles. The Kier molecular flexibility index (Phi) is 3.02. The van der Waals surface area contributed by atoms with Crippen LogP contribution in [-0.2, 0) is 17.8 Å². The lowest BCUT2D eigenvalue weighted by Crippen LogP contribution is -2.41. The number of fused-ring (bicyclic) bond motifs is 1. The molecule has 1 aromatic rings. The fourth-order valence-electron chi connectivity index (χ4n) is 2.16. The van der Waals surface area contributed by atoms with E-state index in [1.807, 2.05) is 13.1 Å². The number of nitrogens with two attached hydrogens (primary N) is 1. The molecular weight excluding hydrogens is 218 g/mol. The smallest absolute Gasteiger partial charge is 0.252 e. The van der Waals surface area contributed by atoms with Gasteiger partial charge in [-0.1, -0.05) is 0 Å². The van der Waals surface area contributed by atoms with Crippen LogP contribution in [0.2, 0.25) is 0 Å². The number of nitrogens with zero attached hydrogens (tertiary/aromatic N) is 2. The minimum Gasteiger partial charge on any atom is -0.320 e. The van der Waals surface area contributed by atoms with Crippen molar-refractivity contribution >= 4 is 11.6 Å². The molecule has 1 aliphatic rings. The molecular formula is C12H17N3O2. The van der Waals surface area contributed by atoms with E-state index in [1.54, 1.807) is 11.6 Å². The number of hydrogen-bond acceptors (Lipinski definition) is 3. The molecule has 1 atom stereocenters. The second kappa shape index (κ2) is 4.33. The second-order valence-electron chi connectivity index (χ2n) is 4.35. The number of hydrogen-bond donors (Lipinski definition) is 1. The summed E-state index contributed by atoms with van der Waals surface area (Å²) in [7, 11) is 1.67. The van der Waals surface area contributed by atoms with Gasteiger partial charge in [0.2, 0.25) is 5.91 Å². The lowest BCUT2D eigenvalue weighted by Gasteiger charge is -2.19. The molecule has 17 heavy (non-hydrogen) atoms. The van der Waals surface area contributed by atoms with E-state index >= 15 is 0 Å². The summed E-state index contributed by atoms with van der Waals surface area (Å²) in [5.74, 6) is -0.127. The van der Waals surface area contributed by atoms with Gasteiger partial charge in [0.15, 0.2) is 0 Å². The molecule has 2 heterocycles. The number of anilines is 1. The fraction of sp³-hybridized carbons (Fsp3) is 0.500. The summed E-state index contributed by atoms with van der Waals surface area (Å²) in [6.45, 7) is 2.56. The molecule has 2 rings (SSSR count). The minimum absolute atomic E-state index is 0.0821. The zero-order valence-corrected chi connectivity index (χ0v) is 10.1. The lowest BCUT2D eigenvalue weighted by molar-refractivity contribution is -0.119. The van der Waals surface area contributed by atoms with Gasteiger partial charge in [0.1, 0.15) is 0 Å². The molecule has 0 saturated carbocycles. The third kappa shape index (κ3) is 1.98. The standard InChI is InChI=1S/C12H17N3O2/c1-3-15-7-8-4-5-9(13)12(17)14(2)10(8)6-11(15)16/h6-7,9H,3-5,13H2,1-2H3/t9-/m0/s1. The van der Waals surface area contributed by atoms with Crippen molar-refractivity contribution in [2.75, 3.05) is 11.9 Å². The average molecular weight is 235 g/mol. The number of aromatic nitrogens is 1. The summed E-state index contributed by atoms with van der Waals surface area (Å²) < 4.78 is 1.65. The topological polar surface area (TPSA) is 68.3 Å². The highest BCUT2D eigenvalue weighted by molar-refractivity contribution is 5.97. The molecule has 1 aliphatic heterocycles. The van der Waals surface area contributed by atoms with Gasteiger partial charge < -0.3 is 15.2 Å². The Morgan fingerprint density at radius 2 is 2.18 bits per heavy atom. The summed E-state index contributed by atoms with van der Waals surface area (Å²) in [6, 6.07) is 1.05. The summed E-state index contributed by atoms with van der Waals surface area (Å²) >= 11 is 0. The largest absolute Gasteiger partial charge is 0.320 e. The van der Waals surface area contributed by atoms with Gasteiger partial charge in [-0.25, -0.2) is 0 Å². The average Bonchev–Trinajstić information content (AvgIpc) is 2.42. The maximum Gasteiger partial charge on any atom is 0.252 e. The number of aryl methyl sites for hydroxylation is 2. The van der Waals surface area contributed by atoms with Gasteiger partial charge in [-0.3, -0.25) is 9.59 Å². The maximum atomic E-state index is 11.9. The van der Waals surface area contributed by atoms with E-state index in [1.165, 1.54) is 11.0 Å². The van der Waals surface area contributed by atoms with Gasteiger partial charge in [-0.15, -0.1) is 0 Å². The van der Waals surface area contributed by atoms with Gasteiger partial charge >= 0.3 is 0 Å². The summed E-state index contributed by atoms with van der Waals surface area (Å²) in [5, 5.41) is 0. The number of pyridine rings is 1. The van der Waals surface area contributed by atoms with Crippen molar-refractivity contribution < 1.29 is 4.79 Å². The van der Waals surface area contributed by atoms with Gasteiger partial charge in [0.05, 0.1) is 11.7 Å². The number of rotatable bonds is 1. The summed E-state index contributed by atoms with van der Waals surface area (Å²) in [4.78, 5) is 25.1. The van der Waals surface area contributed by atoms with E-state index in [4.69, 9.17) is 5.73 Å². The van der Waals surface area contributed by atoms with Crippen molar-refractivity contribution in [2.24, 2.45) is 5.73 Å². The Bertz CT molecular complexity index is 507. The first-order chi connectivity index (χ1) is 8.04. The van der Waals surface area contributed by atoms with Crippen LogP contribution in [0.15, 0.2) is 17.1 Å². The first kappa shape index (κ1) is 11.9. The van der Waals surface area contributed by atoms with Crippen molar-refractivity contribution in [3.8, 4) is 0 Å². The Hall–Kier alpha value is -1.62. The third-order valence-electron chi connectivity index (χ3n) is 3.26. The molecule has 5 nitrogen and oxygen atoms in total. The fourth-order valence-corrected chi connectivity index (χ4v) is 2.16. The van der Waals surface area contributed by atoms with Crippen LogP contribution in [0.3, 0.4) is 0 Å². The van der Waals surface area contributed by atoms with Crippen LogP contribution in [0.5, 0.6) is 0 Å². The molecule has 1 aromatic heterocycles. The van der Waals surface area contributed by atoms with Crippen LogP contribution >= 0.6 is 0 Å². The highest BCUT2D eigenvalue weighted by Crippen LogP contribution is 2.23. The van der Waals surface area contributed by atoms with Crippen LogP contribution in [0.4, 0.5) is 5.69 Å². The first-order valence-corrected chi connectivity index (χ1v) is 5.81. The lowest BCUT2D eigenvalue weighted by atomic mass is 10.1. The molecule has 0 unspecified atom stereocenters. The Labute approximate surface area is 99.8 Å². The van der Waals surface area contributed by atoms with E-state index in [0.717, 1.165) is 12.0 Å². The van der Waals surface area contributed by atoms with E-state index in [9.17, 15) is 9.59 Å². The molecule has 2 N–H and O–H groups in total. The SMILES string of the molecule is CCn1cc2c(cc1=O)N(C)C(=O)[C@@H](N)CC2. The molecule has 0 spiro atoms. The van der Waals surface area contributed by atoms with Gasteiger partial charge in [-0.2, -0.15) is 0 Å². The maximum absolute atomic E-state index is 11.9. The summed E-state index contributed by atoms with van der Waals surface area (Å²) in [5.41, 5.74) is 7.40. The normalized spacial score (nSPS) is 20.1. The molecule has 92 valence electrons. The van der Waals surface area contributed by atoms with Crippen molar-refractivity contribution in [1.82, 2.24) is 4.57 Å². The number of carbonyl (C=O) groups is 1. The highest BCUT2D eigenvalue weighted by Gasteiger charge is 2.25. The van der Waals surface area contributed by atoms with Gasteiger partial charge in [0, 0.05) is 25.9 Å².